The third-order valence-corrected chi connectivity index (χ3v) is 6.35. The predicted molar refractivity (Wildman–Crippen MR) is 114 cm³/mol. The van der Waals surface area contributed by atoms with Gasteiger partial charge in [0.1, 0.15) is 23.0 Å². The van der Waals surface area contributed by atoms with Gasteiger partial charge in [0, 0.05) is 31.3 Å². The Kier molecular flexibility index (Phi) is 5.00. The molecule has 4 heterocycles. The number of halogens is 3. The van der Waals surface area contributed by atoms with Gasteiger partial charge in [-0.15, -0.1) is 0 Å². The lowest BCUT2D eigenvalue weighted by Gasteiger charge is -2.34. The molecule has 0 saturated heterocycles. The summed E-state index contributed by atoms with van der Waals surface area (Å²) < 4.78 is 41.8. The molecular formula is C22H19F3N8O. The molecule has 0 unspecified atom stereocenters. The number of hydrogen-bond acceptors (Lipinski definition) is 6. The Morgan fingerprint density at radius 1 is 1.21 bits per heavy atom. The van der Waals surface area contributed by atoms with Crippen molar-refractivity contribution in [1.29, 1.82) is 5.26 Å². The van der Waals surface area contributed by atoms with E-state index in [1.54, 1.807) is 11.6 Å². The minimum absolute atomic E-state index is 0.0479. The van der Waals surface area contributed by atoms with E-state index in [4.69, 9.17) is 0 Å². The van der Waals surface area contributed by atoms with Crippen molar-refractivity contribution >= 4 is 11.0 Å². The Balaban J connectivity index is 1.57. The molecule has 0 spiro atoms. The van der Waals surface area contributed by atoms with Gasteiger partial charge in [-0.05, 0) is 37.5 Å². The number of aromatic amines is 1. The van der Waals surface area contributed by atoms with E-state index < -0.39 is 23.5 Å². The van der Waals surface area contributed by atoms with Crippen LogP contribution in [0, 0.1) is 11.3 Å². The van der Waals surface area contributed by atoms with Crippen molar-refractivity contribution in [3.63, 3.8) is 0 Å². The maximum Gasteiger partial charge on any atom is 0.433 e. The smallest absolute Gasteiger partial charge is 0.310 e. The van der Waals surface area contributed by atoms with Gasteiger partial charge in [0.15, 0.2) is 11.3 Å². The number of rotatable bonds is 4. The number of H-pyrrole nitrogens is 1. The summed E-state index contributed by atoms with van der Waals surface area (Å²) >= 11 is 0. The van der Waals surface area contributed by atoms with Gasteiger partial charge >= 0.3 is 6.18 Å². The maximum absolute atomic E-state index is 12.9. The minimum atomic E-state index is -4.55. The van der Waals surface area contributed by atoms with Crippen molar-refractivity contribution in [2.24, 2.45) is 7.05 Å². The van der Waals surface area contributed by atoms with Crippen LogP contribution in [0.1, 0.15) is 66.1 Å². The molecule has 0 amide bonds. The van der Waals surface area contributed by atoms with E-state index in [1.165, 1.54) is 10.7 Å². The van der Waals surface area contributed by atoms with Crippen LogP contribution >= 0.6 is 0 Å². The lowest BCUT2D eigenvalue weighted by molar-refractivity contribution is -0.141. The SMILES string of the molecule is C[C@H](c1ccc(C(F)(F)F)nc1)n1nc(C#N)c2c(=O)[nH]c([C@@H]3CC[C@H]3c3ccn(C)n3)nc21. The fourth-order valence-corrected chi connectivity index (χ4v) is 4.36. The number of nitrogens with zero attached hydrogens (tertiary/aromatic N) is 7. The molecule has 1 aliphatic rings. The highest BCUT2D eigenvalue weighted by molar-refractivity contribution is 5.80. The minimum Gasteiger partial charge on any atom is -0.310 e. The van der Waals surface area contributed by atoms with Gasteiger partial charge in [-0.2, -0.15) is 28.6 Å². The maximum atomic E-state index is 12.9. The summed E-state index contributed by atoms with van der Waals surface area (Å²) in [5.74, 6) is 0.525. The fraction of sp³-hybridized carbons (Fsp3) is 0.364. The molecule has 1 saturated carbocycles. The Morgan fingerprint density at radius 3 is 2.53 bits per heavy atom. The zero-order valence-electron chi connectivity index (χ0n) is 18.2. The van der Waals surface area contributed by atoms with Gasteiger partial charge in [0.25, 0.3) is 5.56 Å². The van der Waals surface area contributed by atoms with Crippen LogP contribution < -0.4 is 5.56 Å². The van der Waals surface area contributed by atoms with Crippen LogP contribution in [0.4, 0.5) is 13.2 Å². The lowest BCUT2D eigenvalue weighted by atomic mass is 9.71. The first-order chi connectivity index (χ1) is 16.2. The quantitative estimate of drug-likeness (QED) is 0.490. The Morgan fingerprint density at radius 2 is 1.97 bits per heavy atom. The highest BCUT2D eigenvalue weighted by atomic mass is 19.4. The summed E-state index contributed by atoms with van der Waals surface area (Å²) in [5.41, 5.74) is -0.0372. The van der Waals surface area contributed by atoms with E-state index in [2.05, 4.69) is 25.1 Å². The van der Waals surface area contributed by atoms with Gasteiger partial charge in [0.2, 0.25) is 0 Å². The molecule has 174 valence electrons. The average molecular weight is 468 g/mol. The molecule has 0 aromatic carbocycles. The van der Waals surface area contributed by atoms with E-state index in [0.717, 1.165) is 30.8 Å². The molecule has 9 nitrogen and oxygen atoms in total. The number of aryl methyl sites for hydroxylation is 1. The summed E-state index contributed by atoms with van der Waals surface area (Å²) in [6, 6.07) is 5.42. The molecule has 12 heteroatoms. The van der Waals surface area contributed by atoms with Crippen LogP contribution in [0.5, 0.6) is 0 Å². The summed E-state index contributed by atoms with van der Waals surface area (Å²) in [7, 11) is 1.84. The normalized spacial score (nSPS) is 19.1. The third-order valence-electron chi connectivity index (χ3n) is 6.35. The second-order valence-electron chi connectivity index (χ2n) is 8.41. The van der Waals surface area contributed by atoms with Crippen LogP contribution in [0.2, 0.25) is 0 Å². The van der Waals surface area contributed by atoms with Gasteiger partial charge in [0.05, 0.1) is 11.7 Å². The number of alkyl halides is 3. The Hall–Kier alpha value is -4.01. The summed E-state index contributed by atoms with van der Waals surface area (Å²) in [5, 5.41) is 18.3. The van der Waals surface area contributed by atoms with E-state index >= 15 is 0 Å². The molecule has 0 radical (unpaired) electrons. The van der Waals surface area contributed by atoms with Crippen LogP contribution in [-0.4, -0.2) is 34.5 Å². The van der Waals surface area contributed by atoms with Gasteiger partial charge in [-0.1, -0.05) is 6.07 Å². The molecule has 4 aromatic rings. The Labute approximate surface area is 190 Å². The van der Waals surface area contributed by atoms with Crippen molar-refractivity contribution in [3.05, 3.63) is 69.4 Å². The monoisotopic (exact) mass is 468 g/mol. The fourth-order valence-electron chi connectivity index (χ4n) is 4.36. The highest BCUT2D eigenvalue weighted by Gasteiger charge is 2.37. The molecular weight excluding hydrogens is 449 g/mol. The van der Waals surface area contributed by atoms with Crippen LogP contribution in [0.3, 0.4) is 0 Å². The molecule has 1 aliphatic carbocycles. The predicted octanol–water partition coefficient (Wildman–Crippen LogP) is 3.41. The standard InChI is InChI=1S/C22H19F3N8O/c1-11(12-3-6-17(27-10-12)22(23,24)25)33-20-18(16(9-26)31-33)21(34)29-19(28-20)14-5-4-13(14)15-7-8-32(2)30-15/h3,6-8,10-11,13-14H,4-5H2,1-2H3,(H,28,29,34)/t11-,13-,14-/m1/s1. The largest absolute Gasteiger partial charge is 0.433 e. The second kappa shape index (κ2) is 7.79. The average Bonchev–Trinajstić information content (AvgIpc) is 3.35. The van der Waals surface area contributed by atoms with Crippen molar-refractivity contribution in [3.8, 4) is 6.07 Å². The van der Waals surface area contributed by atoms with Gasteiger partial charge in [-0.25, -0.2) is 9.67 Å². The lowest BCUT2D eigenvalue weighted by Crippen LogP contribution is -2.27. The zero-order valence-corrected chi connectivity index (χ0v) is 18.2. The molecule has 3 atom stereocenters. The van der Waals surface area contributed by atoms with E-state index in [-0.39, 0.29) is 28.6 Å². The van der Waals surface area contributed by atoms with Crippen LogP contribution in [0.25, 0.3) is 11.0 Å². The van der Waals surface area contributed by atoms with E-state index in [1.807, 2.05) is 25.4 Å². The van der Waals surface area contributed by atoms with Gasteiger partial charge in [-0.3, -0.25) is 14.5 Å². The summed E-state index contributed by atoms with van der Waals surface area (Å²) in [6.45, 7) is 1.69. The summed E-state index contributed by atoms with van der Waals surface area (Å²) in [6.07, 6.45) is 0.139. The first-order valence-corrected chi connectivity index (χ1v) is 10.6. The van der Waals surface area contributed by atoms with Crippen molar-refractivity contribution in [2.75, 3.05) is 0 Å². The number of pyridine rings is 1. The molecule has 4 aromatic heterocycles. The van der Waals surface area contributed by atoms with Crippen LogP contribution in [0.15, 0.2) is 35.4 Å². The number of hydrogen-bond donors (Lipinski definition) is 1. The first-order valence-electron chi connectivity index (χ1n) is 10.6. The van der Waals surface area contributed by atoms with Gasteiger partial charge < -0.3 is 4.98 Å². The highest BCUT2D eigenvalue weighted by Crippen LogP contribution is 2.47. The van der Waals surface area contributed by atoms with E-state index in [0.29, 0.717) is 11.4 Å². The van der Waals surface area contributed by atoms with Crippen molar-refractivity contribution < 1.29 is 13.2 Å². The summed E-state index contributed by atoms with van der Waals surface area (Å²) in [4.78, 5) is 23.9. The molecule has 5 rings (SSSR count). The number of nitriles is 1. The molecule has 1 N–H and O–H groups in total. The second-order valence-corrected chi connectivity index (χ2v) is 8.41. The van der Waals surface area contributed by atoms with Crippen molar-refractivity contribution in [1.82, 2.24) is 34.5 Å². The number of fused-ring (bicyclic) bond motifs is 1. The van der Waals surface area contributed by atoms with Crippen molar-refractivity contribution in [2.45, 2.75) is 43.8 Å². The molecule has 1 fully saturated rings. The van der Waals surface area contributed by atoms with E-state index in [9.17, 15) is 23.2 Å². The zero-order chi connectivity index (χ0) is 24.2. The molecule has 0 bridgehead atoms. The van der Waals surface area contributed by atoms with Crippen LogP contribution in [-0.2, 0) is 13.2 Å². The first kappa shape index (κ1) is 21.8. The number of nitrogens with one attached hydrogen (secondary N) is 1. The molecule has 34 heavy (non-hydrogen) atoms. The topological polar surface area (TPSA) is 118 Å². The third kappa shape index (κ3) is 3.53. The number of aromatic nitrogens is 7. The Bertz CT molecular complexity index is 1480. The molecule has 0 aliphatic heterocycles.